The SMILES string of the molecule is CCCOc1ccc(C=NNc2cccc(Cl)c2)cc1OCC. The Morgan fingerprint density at radius 1 is 1.09 bits per heavy atom. The number of halogens is 1. The highest BCUT2D eigenvalue weighted by Gasteiger charge is 2.05. The molecule has 0 atom stereocenters. The van der Waals surface area contributed by atoms with Crippen molar-refractivity contribution in [3.8, 4) is 11.5 Å². The smallest absolute Gasteiger partial charge is 0.161 e. The van der Waals surface area contributed by atoms with Crippen molar-refractivity contribution < 1.29 is 9.47 Å². The number of rotatable bonds is 8. The first-order chi connectivity index (χ1) is 11.2. The van der Waals surface area contributed by atoms with Gasteiger partial charge >= 0.3 is 0 Å². The zero-order valence-electron chi connectivity index (χ0n) is 13.4. The van der Waals surface area contributed by atoms with E-state index < -0.39 is 0 Å². The molecule has 2 aromatic carbocycles. The molecule has 0 saturated heterocycles. The molecule has 0 bridgehead atoms. The fourth-order valence-electron chi connectivity index (χ4n) is 1.94. The van der Waals surface area contributed by atoms with E-state index in [0.717, 1.165) is 29.2 Å². The number of hydrogen-bond acceptors (Lipinski definition) is 4. The standard InChI is InChI=1S/C18H21ClN2O2/c1-3-10-23-17-9-8-14(11-18(17)22-4-2)13-20-21-16-7-5-6-15(19)12-16/h5-9,11-13,21H,3-4,10H2,1-2H3. The Hall–Kier alpha value is -2.20. The zero-order valence-corrected chi connectivity index (χ0v) is 14.1. The van der Waals surface area contributed by atoms with E-state index in [2.05, 4.69) is 17.5 Å². The second-order valence-electron chi connectivity index (χ2n) is 4.87. The fourth-order valence-corrected chi connectivity index (χ4v) is 2.13. The summed E-state index contributed by atoms with van der Waals surface area (Å²) in [5.74, 6) is 1.49. The topological polar surface area (TPSA) is 42.8 Å². The van der Waals surface area contributed by atoms with Gasteiger partial charge in [-0.15, -0.1) is 0 Å². The molecule has 0 unspecified atom stereocenters. The number of nitrogens with zero attached hydrogens (tertiary/aromatic N) is 1. The second-order valence-corrected chi connectivity index (χ2v) is 5.30. The number of anilines is 1. The number of hydrazone groups is 1. The molecule has 4 nitrogen and oxygen atoms in total. The molecule has 0 heterocycles. The first-order valence-corrected chi connectivity index (χ1v) is 8.05. The van der Waals surface area contributed by atoms with Crippen LogP contribution < -0.4 is 14.9 Å². The molecule has 0 aliphatic rings. The zero-order chi connectivity index (χ0) is 16.5. The van der Waals surface area contributed by atoms with Crippen molar-refractivity contribution in [2.45, 2.75) is 20.3 Å². The molecule has 0 aromatic heterocycles. The summed E-state index contributed by atoms with van der Waals surface area (Å²) in [5, 5.41) is 4.88. The molecule has 23 heavy (non-hydrogen) atoms. The summed E-state index contributed by atoms with van der Waals surface area (Å²) < 4.78 is 11.3. The van der Waals surface area contributed by atoms with Crippen molar-refractivity contribution in [3.05, 3.63) is 53.1 Å². The molecule has 2 rings (SSSR count). The van der Waals surface area contributed by atoms with E-state index in [1.54, 1.807) is 6.21 Å². The molecule has 0 spiro atoms. The predicted molar refractivity (Wildman–Crippen MR) is 96.1 cm³/mol. The molecule has 2 aromatic rings. The lowest BCUT2D eigenvalue weighted by Crippen LogP contribution is -2.00. The highest BCUT2D eigenvalue weighted by molar-refractivity contribution is 6.30. The molecular formula is C18H21ClN2O2. The van der Waals surface area contributed by atoms with E-state index in [1.807, 2.05) is 49.4 Å². The highest BCUT2D eigenvalue weighted by atomic mass is 35.5. The third-order valence-electron chi connectivity index (χ3n) is 2.96. The van der Waals surface area contributed by atoms with Crippen molar-refractivity contribution in [1.82, 2.24) is 0 Å². The van der Waals surface area contributed by atoms with Gasteiger partial charge in [0.05, 0.1) is 25.1 Å². The van der Waals surface area contributed by atoms with Gasteiger partial charge in [-0.2, -0.15) is 5.10 Å². The Balaban J connectivity index is 2.06. The van der Waals surface area contributed by atoms with Crippen LogP contribution in [0.4, 0.5) is 5.69 Å². The Morgan fingerprint density at radius 2 is 1.96 bits per heavy atom. The number of nitrogens with one attached hydrogen (secondary N) is 1. The molecule has 0 aliphatic carbocycles. The summed E-state index contributed by atoms with van der Waals surface area (Å²) in [5.41, 5.74) is 4.71. The van der Waals surface area contributed by atoms with E-state index in [1.165, 1.54) is 0 Å². The third-order valence-corrected chi connectivity index (χ3v) is 3.20. The van der Waals surface area contributed by atoms with Crippen LogP contribution in [0.25, 0.3) is 0 Å². The van der Waals surface area contributed by atoms with Crippen molar-refractivity contribution in [1.29, 1.82) is 0 Å². The van der Waals surface area contributed by atoms with Crippen molar-refractivity contribution >= 4 is 23.5 Å². The maximum Gasteiger partial charge on any atom is 0.161 e. The minimum atomic E-state index is 0.587. The quantitative estimate of drug-likeness (QED) is 0.548. The third kappa shape index (κ3) is 5.49. The van der Waals surface area contributed by atoms with Gasteiger partial charge < -0.3 is 9.47 Å². The summed E-state index contributed by atoms with van der Waals surface area (Å²) in [6.07, 6.45) is 2.69. The van der Waals surface area contributed by atoms with Crippen LogP contribution in [0.1, 0.15) is 25.8 Å². The lowest BCUT2D eigenvalue weighted by atomic mass is 10.2. The summed E-state index contributed by atoms with van der Waals surface area (Å²) in [4.78, 5) is 0. The van der Waals surface area contributed by atoms with Gasteiger partial charge in [-0.25, -0.2) is 0 Å². The van der Waals surface area contributed by atoms with E-state index in [9.17, 15) is 0 Å². The highest BCUT2D eigenvalue weighted by Crippen LogP contribution is 2.28. The van der Waals surface area contributed by atoms with Crippen LogP contribution in [0, 0.1) is 0 Å². The largest absolute Gasteiger partial charge is 0.490 e. The number of benzene rings is 2. The van der Waals surface area contributed by atoms with Gasteiger partial charge in [0, 0.05) is 5.02 Å². The van der Waals surface area contributed by atoms with Gasteiger partial charge in [-0.3, -0.25) is 5.43 Å². The van der Waals surface area contributed by atoms with Gasteiger partial charge in [0.25, 0.3) is 0 Å². The van der Waals surface area contributed by atoms with Crippen LogP contribution in [0.3, 0.4) is 0 Å². The summed E-state index contributed by atoms with van der Waals surface area (Å²) in [6, 6.07) is 13.2. The van der Waals surface area contributed by atoms with E-state index in [0.29, 0.717) is 18.2 Å². The predicted octanol–water partition coefficient (Wildman–Crippen LogP) is 4.97. The molecule has 5 heteroatoms. The molecule has 0 fully saturated rings. The average molecular weight is 333 g/mol. The van der Waals surface area contributed by atoms with Crippen molar-refractivity contribution in [2.24, 2.45) is 5.10 Å². The van der Waals surface area contributed by atoms with Crippen LogP contribution in [-0.2, 0) is 0 Å². The maximum absolute atomic E-state index is 5.93. The average Bonchev–Trinajstić information content (AvgIpc) is 2.54. The van der Waals surface area contributed by atoms with Gasteiger partial charge in [-0.05, 0) is 55.3 Å². The van der Waals surface area contributed by atoms with Crippen LogP contribution in [-0.4, -0.2) is 19.4 Å². The molecule has 1 N–H and O–H groups in total. The Kier molecular flexibility index (Phi) is 6.76. The van der Waals surface area contributed by atoms with E-state index >= 15 is 0 Å². The lowest BCUT2D eigenvalue weighted by molar-refractivity contribution is 0.277. The molecule has 0 amide bonds. The van der Waals surface area contributed by atoms with Crippen LogP contribution in [0.15, 0.2) is 47.6 Å². The fraction of sp³-hybridized carbons (Fsp3) is 0.278. The minimum Gasteiger partial charge on any atom is -0.490 e. The second kappa shape index (κ2) is 9.06. The monoisotopic (exact) mass is 332 g/mol. The summed E-state index contributed by atoms with van der Waals surface area (Å²) in [7, 11) is 0. The van der Waals surface area contributed by atoms with E-state index in [-0.39, 0.29) is 0 Å². The first kappa shape index (κ1) is 17.2. The first-order valence-electron chi connectivity index (χ1n) is 7.67. The van der Waals surface area contributed by atoms with Gasteiger partial charge in [-0.1, -0.05) is 24.6 Å². The maximum atomic E-state index is 5.93. The van der Waals surface area contributed by atoms with Crippen molar-refractivity contribution in [2.75, 3.05) is 18.6 Å². The number of hydrogen-bond donors (Lipinski definition) is 1. The molecular weight excluding hydrogens is 312 g/mol. The summed E-state index contributed by atoms with van der Waals surface area (Å²) >= 11 is 5.93. The van der Waals surface area contributed by atoms with Gasteiger partial charge in [0.15, 0.2) is 11.5 Å². The van der Waals surface area contributed by atoms with Crippen LogP contribution in [0.5, 0.6) is 11.5 Å². The molecule has 0 aliphatic heterocycles. The van der Waals surface area contributed by atoms with Crippen molar-refractivity contribution in [3.63, 3.8) is 0 Å². The Morgan fingerprint density at radius 3 is 2.70 bits per heavy atom. The van der Waals surface area contributed by atoms with Crippen LogP contribution >= 0.6 is 11.6 Å². The normalized spacial score (nSPS) is 10.7. The molecule has 0 saturated carbocycles. The van der Waals surface area contributed by atoms with Crippen LogP contribution in [0.2, 0.25) is 5.02 Å². The van der Waals surface area contributed by atoms with Gasteiger partial charge in [0.1, 0.15) is 0 Å². The van der Waals surface area contributed by atoms with Gasteiger partial charge in [0.2, 0.25) is 0 Å². The molecule has 0 radical (unpaired) electrons. The Bertz CT molecular complexity index is 659. The minimum absolute atomic E-state index is 0.587. The lowest BCUT2D eigenvalue weighted by Gasteiger charge is -2.11. The Labute approximate surface area is 142 Å². The molecule has 122 valence electrons. The summed E-state index contributed by atoms with van der Waals surface area (Å²) in [6.45, 7) is 5.28. The van der Waals surface area contributed by atoms with E-state index in [4.69, 9.17) is 21.1 Å². The number of ether oxygens (including phenoxy) is 2.